The summed E-state index contributed by atoms with van der Waals surface area (Å²) in [5.74, 6) is 1.96. The quantitative estimate of drug-likeness (QED) is 0.589. The Labute approximate surface area is 68.5 Å². The van der Waals surface area contributed by atoms with Crippen molar-refractivity contribution in [3.8, 4) is 0 Å². The average molecular weight is 155 g/mol. The van der Waals surface area contributed by atoms with Crippen molar-refractivity contribution in [1.82, 2.24) is 4.90 Å². The van der Waals surface area contributed by atoms with Gasteiger partial charge in [0.2, 0.25) is 0 Å². The van der Waals surface area contributed by atoms with Gasteiger partial charge in [-0.1, -0.05) is 0 Å². The molecule has 0 amide bonds. The first-order valence-corrected chi connectivity index (χ1v) is 4.47. The number of likely N-dealkylation sites (N-methyl/N-ethyl adjacent to an activating group) is 1. The first-order chi connectivity index (χ1) is 5.24. The minimum Gasteiger partial charge on any atom is -0.380 e. The second-order valence-electron chi connectivity index (χ2n) is 4.03. The fourth-order valence-corrected chi connectivity index (χ4v) is 2.56. The van der Waals surface area contributed by atoms with E-state index >= 15 is 0 Å². The Morgan fingerprint density at radius 3 is 2.73 bits per heavy atom. The summed E-state index contributed by atoms with van der Waals surface area (Å²) in [6.45, 7) is 3.48. The van der Waals surface area contributed by atoms with Gasteiger partial charge in [-0.25, -0.2) is 0 Å². The number of fused-ring (bicyclic) bond motifs is 1. The molecule has 0 N–H and O–H groups in total. The standard InChI is InChI=1S/C9H17NO/c1-6(11-3)9-8-4-7(8)5-10(9)2/h6-9H,4-5H2,1-3H3/t6-,7-,8-,9+/m0/s1. The van der Waals surface area contributed by atoms with E-state index in [4.69, 9.17) is 4.74 Å². The van der Waals surface area contributed by atoms with Gasteiger partial charge in [0.05, 0.1) is 6.10 Å². The van der Waals surface area contributed by atoms with Crippen LogP contribution in [0.5, 0.6) is 0 Å². The summed E-state index contributed by atoms with van der Waals surface area (Å²) in [4.78, 5) is 2.45. The molecule has 1 aliphatic heterocycles. The van der Waals surface area contributed by atoms with Gasteiger partial charge in [0.15, 0.2) is 0 Å². The summed E-state index contributed by atoms with van der Waals surface area (Å²) in [5.41, 5.74) is 0. The lowest BCUT2D eigenvalue weighted by Gasteiger charge is -2.27. The molecular formula is C9H17NO. The maximum Gasteiger partial charge on any atom is 0.0701 e. The maximum absolute atomic E-state index is 5.36. The van der Waals surface area contributed by atoms with Crippen LogP contribution in [0.1, 0.15) is 13.3 Å². The van der Waals surface area contributed by atoms with Crippen molar-refractivity contribution in [3.05, 3.63) is 0 Å². The first-order valence-electron chi connectivity index (χ1n) is 4.47. The van der Waals surface area contributed by atoms with Crippen LogP contribution in [-0.2, 0) is 4.74 Å². The van der Waals surface area contributed by atoms with Crippen molar-refractivity contribution in [3.63, 3.8) is 0 Å². The van der Waals surface area contributed by atoms with E-state index in [2.05, 4.69) is 18.9 Å². The highest BCUT2D eigenvalue weighted by atomic mass is 16.5. The fourth-order valence-electron chi connectivity index (χ4n) is 2.56. The van der Waals surface area contributed by atoms with Gasteiger partial charge in [0, 0.05) is 19.7 Å². The van der Waals surface area contributed by atoms with E-state index in [1.165, 1.54) is 13.0 Å². The lowest BCUT2D eigenvalue weighted by atomic mass is 10.1. The smallest absolute Gasteiger partial charge is 0.0701 e. The minimum atomic E-state index is 0.414. The number of hydrogen-bond acceptors (Lipinski definition) is 2. The summed E-state index contributed by atoms with van der Waals surface area (Å²) < 4.78 is 5.36. The fraction of sp³-hybridized carbons (Fsp3) is 1.00. The predicted molar refractivity (Wildman–Crippen MR) is 44.5 cm³/mol. The van der Waals surface area contributed by atoms with Crippen molar-refractivity contribution < 1.29 is 4.74 Å². The van der Waals surface area contributed by atoms with Crippen molar-refractivity contribution in [2.75, 3.05) is 20.7 Å². The van der Waals surface area contributed by atoms with Crippen LogP contribution in [0.15, 0.2) is 0 Å². The Morgan fingerprint density at radius 2 is 2.27 bits per heavy atom. The minimum absolute atomic E-state index is 0.414. The Morgan fingerprint density at radius 1 is 1.55 bits per heavy atom. The summed E-state index contributed by atoms with van der Waals surface area (Å²) in [6, 6.07) is 0.699. The molecule has 1 heterocycles. The van der Waals surface area contributed by atoms with E-state index in [0.29, 0.717) is 12.1 Å². The summed E-state index contributed by atoms with van der Waals surface area (Å²) >= 11 is 0. The molecule has 0 unspecified atom stereocenters. The van der Waals surface area contributed by atoms with Crippen LogP contribution in [0, 0.1) is 11.8 Å². The molecule has 2 aliphatic rings. The Kier molecular flexibility index (Phi) is 1.69. The number of rotatable bonds is 2. The van der Waals surface area contributed by atoms with Gasteiger partial charge in [0.25, 0.3) is 0 Å². The van der Waals surface area contributed by atoms with Crippen molar-refractivity contribution >= 4 is 0 Å². The molecule has 2 fully saturated rings. The molecule has 0 aromatic heterocycles. The van der Waals surface area contributed by atoms with Gasteiger partial charge in [0.1, 0.15) is 0 Å². The number of likely N-dealkylation sites (tertiary alicyclic amines) is 1. The number of nitrogens with zero attached hydrogens (tertiary/aromatic N) is 1. The zero-order valence-electron chi connectivity index (χ0n) is 7.58. The molecule has 0 spiro atoms. The van der Waals surface area contributed by atoms with Crippen molar-refractivity contribution in [2.24, 2.45) is 11.8 Å². The van der Waals surface area contributed by atoms with E-state index in [0.717, 1.165) is 11.8 Å². The molecule has 0 bridgehead atoms. The van der Waals surface area contributed by atoms with Crippen LogP contribution in [-0.4, -0.2) is 37.7 Å². The largest absolute Gasteiger partial charge is 0.380 e. The highest BCUT2D eigenvalue weighted by Gasteiger charge is 2.52. The zero-order chi connectivity index (χ0) is 8.01. The Balaban J connectivity index is 2.00. The lowest BCUT2D eigenvalue weighted by molar-refractivity contribution is 0.0415. The van der Waals surface area contributed by atoms with E-state index in [-0.39, 0.29) is 0 Å². The van der Waals surface area contributed by atoms with Gasteiger partial charge < -0.3 is 9.64 Å². The van der Waals surface area contributed by atoms with Gasteiger partial charge in [-0.05, 0) is 32.2 Å². The monoisotopic (exact) mass is 155 g/mol. The number of ether oxygens (including phenoxy) is 1. The number of methoxy groups -OCH3 is 1. The molecule has 1 aliphatic carbocycles. The van der Waals surface area contributed by atoms with Crippen LogP contribution in [0.4, 0.5) is 0 Å². The average Bonchev–Trinajstić information content (AvgIpc) is 2.63. The van der Waals surface area contributed by atoms with E-state index < -0.39 is 0 Å². The molecule has 1 saturated heterocycles. The highest BCUT2D eigenvalue weighted by molar-refractivity contribution is 5.05. The molecule has 4 atom stereocenters. The second-order valence-corrected chi connectivity index (χ2v) is 4.03. The number of hydrogen-bond donors (Lipinski definition) is 0. The maximum atomic E-state index is 5.36. The van der Waals surface area contributed by atoms with Crippen LogP contribution < -0.4 is 0 Å². The normalized spacial score (nSPS) is 45.5. The molecule has 64 valence electrons. The molecule has 1 saturated carbocycles. The van der Waals surface area contributed by atoms with Crippen LogP contribution in [0.3, 0.4) is 0 Å². The summed E-state index contributed by atoms with van der Waals surface area (Å²) in [5, 5.41) is 0. The van der Waals surface area contributed by atoms with E-state index in [9.17, 15) is 0 Å². The second kappa shape index (κ2) is 2.46. The molecule has 2 heteroatoms. The van der Waals surface area contributed by atoms with Crippen molar-refractivity contribution in [1.29, 1.82) is 0 Å². The van der Waals surface area contributed by atoms with Gasteiger partial charge in [-0.3, -0.25) is 0 Å². The van der Waals surface area contributed by atoms with Crippen LogP contribution in [0.25, 0.3) is 0 Å². The van der Waals surface area contributed by atoms with Gasteiger partial charge in [-0.2, -0.15) is 0 Å². The Bertz CT molecular complexity index is 158. The third-order valence-corrected chi connectivity index (χ3v) is 3.30. The van der Waals surface area contributed by atoms with Gasteiger partial charge >= 0.3 is 0 Å². The van der Waals surface area contributed by atoms with Gasteiger partial charge in [-0.15, -0.1) is 0 Å². The molecule has 2 nitrogen and oxygen atoms in total. The van der Waals surface area contributed by atoms with Crippen molar-refractivity contribution in [2.45, 2.75) is 25.5 Å². The highest BCUT2D eigenvalue weighted by Crippen LogP contribution is 2.50. The summed E-state index contributed by atoms with van der Waals surface area (Å²) in [7, 11) is 4.03. The SMILES string of the molecule is CO[C@@H](C)[C@@H]1[C@H]2C[C@H]2CN1C. The van der Waals surface area contributed by atoms with Crippen LogP contribution in [0.2, 0.25) is 0 Å². The van der Waals surface area contributed by atoms with Crippen LogP contribution >= 0.6 is 0 Å². The predicted octanol–water partition coefficient (Wildman–Crippen LogP) is 0.971. The van der Waals surface area contributed by atoms with E-state index in [1.54, 1.807) is 0 Å². The zero-order valence-corrected chi connectivity index (χ0v) is 7.58. The Hall–Kier alpha value is -0.0800. The third-order valence-electron chi connectivity index (χ3n) is 3.30. The molecule has 0 radical (unpaired) electrons. The summed E-state index contributed by atoms with van der Waals surface area (Å²) in [6.07, 6.45) is 1.86. The lowest BCUT2D eigenvalue weighted by Crippen LogP contribution is -2.38. The number of piperidine rings is 1. The first kappa shape index (κ1) is 7.56. The molecule has 0 aromatic carbocycles. The molecular weight excluding hydrogens is 138 g/mol. The molecule has 0 aromatic rings. The molecule has 11 heavy (non-hydrogen) atoms. The topological polar surface area (TPSA) is 12.5 Å². The molecule has 2 rings (SSSR count). The third kappa shape index (κ3) is 1.09. The van der Waals surface area contributed by atoms with E-state index in [1.807, 2.05) is 7.11 Å².